The lowest BCUT2D eigenvalue weighted by molar-refractivity contribution is 0.102. The maximum Gasteiger partial charge on any atom is 0.0547 e. The molecule has 0 bridgehead atoms. The summed E-state index contributed by atoms with van der Waals surface area (Å²) in [5.41, 5.74) is 0.484. The molecule has 102 valence electrons. The lowest BCUT2D eigenvalue weighted by Crippen LogP contribution is -2.49. The highest BCUT2D eigenvalue weighted by atomic mass is 16.5. The van der Waals surface area contributed by atoms with E-state index in [-0.39, 0.29) is 5.54 Å². The summed E-state index contributed by atoms with van der Waals surface area (Å²) in [6.07, 6.45) is 1.17. The third kappa shape index (κ3) is 4.94. The Bertz CT molecular complexity index is 227. The zero-order valence-electron chi connectivity index (χ0n) is 12.5. The normalized spacial score (nSPS) is 26.1. The first-order chi connectivity index (χ1) is 7.74. The van der Waals surface area contributed by atoms with E-state index in [1.807, 2.05) is 0 Å². The molecule has 3 heteroatoms. The molecule has 1 unspecified atom stereocenters. The van der Waals surface area contributed by atoms with Gasteiger partial charge < -0.3 is 15.0 Å². The van der Waals surface area contributed by atoms with E-state index in [4.69, 9.17) is 4.74 Å². The molecule has 17 heavy (non-hydrogen) atoms. The van der Waals surface area contributed by atoms with Crippen LogP contribution in [0.25, 0.3) is 0 Å². The van der Waals surface area contributed by atoms with E-state index in [1.165, 1.54) is 6.42 Å². The van der Waals surface area contributed by atoms with Crippen molar-refractivity contribution in [2.24, 2.45) is 5.41 Å². The second-order valence-corrected chi connectivity index (χ2v) is 6.92. The maximum absolute atomic E-state index is 5.64. The molecule has 0 aromatic carbocycles. The Morgan fingerprint density at radius 1 is 1.35 bits per heavy atom. The van der Waals surface area contributed by atoms with E-state index in [2.05, 4.69) is 51.9 Å². The average molecular weight is 242 g/mol. The number of hydrogen-bond acceptors (Lipinski definition) is 3. The van der Waals surface area contributed by atoms with Crippen LogP contribution in [-0.2, 0) is 4.74 Å². The van der Waals surface area contributed by atoms with Crippen LogP contribution in [-0.4, -0.2) is 49.8 Å². The summed E-state index contributed by atoms with van der Waals surface area (Å²) in [6, 6.07) is 0.599. The average Bonchev–Trinajstić information content (AvgIpc) is 2.63. The zero-order chi connectivity index (χ0) is 13.1. The van der Waals surface area contributed by atoms with E-state index < -0.39 is 0 Å². The molecule has 3 nitrogen and oxygen atoms in total. The van der Waals surface area contributed by atoms with Crippen LogP contribution in [0, 0.1) is 5.41 Å². The number of rotatable bonds is 5. The Morgan fingerprint density at radius 3 is 2.41 bits per heavy atom. The Morgan fingerprint density at radius 2 is 2.00 bits per heavy atom. The molecule has 0 aliphatic carbocycles. The Labute approximate surface area is 107 Å². The van der Waals surface area contributed by atoms with Crippen LogP contribution in [0.15, 0.2) is 0 Å². The molecule has 1 aliphatic heterocycles. The van der Waals surface area contributed by atoms with Crippen molar-refractivity contribution in [3.05, 3.63) is 0 Å². The minimum atomic E-state index is 0.187. The lowest BCUT2D eigenvalue weighted by Gasteiger charge is -2.36. The minimum absolute atomic E-state index is 0.187. The van der Waals surface area contributed by atoms with Gasteiger partial charge in [0.15, 0.2) is 0 Å². The second-order valence-electron chi connectivity index (χ2n) is 6.92. The molecule has 1 saturated heterocycles. The summed E-state index contributed by atoms with van der Waals surface area (Å²) in [7, 11) is 2.21. The van der Waals surface area contributed by atoms with E-state index in [0.29, 0.717) is 11.5 Å². The smallest absolute Gasteiger partial charge is 0.0547 e. The van der Waals surface area contributed by atoms with E-state index in [0.717, 1.165) is 26.3 Å². The van der Waals surface area contributed by atoms with Crippen LogP contribution in [0.4, 0.5) is 0 Å². The molecular weight excluding hydrogens is 212 g/mol. The van der Waals surface area contributed by atoms with Gasteiger partial charge in [0.25, 0.3) is 0 Å². The second kappa shape index (κ2) is 5.68. The molecule has 0 spiro atoms. The molecule has 1 aliphatic rings. The van der Waals surface area contributed by atoms with Gasteiger partial charge in [-0.2, -0.15) is 0 Å². The van der Waals surface area contributed by atoms with Gasteiger partial charge in [-0.05, 0) is 48.1 Å². The maximum atomic E-state index is 5.64. The first-order valence-electron chi connectivity index (χ1n) is 6.77. The highest BCUT2D eigenvalue weighted by molar-refractivity contribution is 4.90. The predicted molar refractivity (Wildman–Crippen MR) is 73.4 cm³/mol. The fraction of sp³-hybridized carbons (Fsp3) is 1.00. The zero-order valence-corrected chi connectivity index (χ0v) is 12.5. The fourth-order valence-electron chi connectivity index (χ4n) is 2.13. The molecule has 0 aromatic heterocycles. The number of hydrogen-bond donors (Lipinski definition) is 1. The van der Waals surface area contributed by atoms with Crippen LogP contribution in [0.1, 0.15) is 41.0 Å². The number of nitrogens with zero attached hydrogens (tertiary/aromatic N) is 1. The summed E-state index contributed by atoms with van der Waals surface area (Å²) >= 11 is 0. The largest absolute Gasteiger partial charge is 0.381 e. The van der Waals surface area contributed by atoms with Crippen LogP contribution < -0.4 is 5.32 Å². The van der Waals surface area contributed by atoms with Crippen LogP contribution >= 0.6 is 0 Å². The van der Waals surface area contributed by atoms with Gasteiger partial charge in [0, 0.05) is 36.7 Å². The van der Waals surface area contributed by atoms with Crippen LogP contribution in [0.3, 0.4) is 0 Å². The molecule has 1 atom stereocenters. The van der Waals surface area contributed by atoms with Crippen molar-refractivity contribution < 1.29 is 4.74 Å². The summed E-state index contributed by atoms with van der Waals surface area (Å²) in [6.45, 7) is 15.2. The molecular formula is C14H30N2O. The van der Waals surface area contributed by atoms with E-state index in [9.17, 15) is 0 Å². The predicted octanol–water partition coefficient (Wildman–Crippen LogP) is 2.12. The summed E-state index contributed by atoms with van der Waals surface area (Å²) in [5, 5.41) is 3.64. The van der Waals surface area contributed by atoms with Gasteiger partial charge >= 0.3 is 0 Å². The third-order valence-corrected chi connectivity index (χ3v) is 3.65. The Kier molecular flexibility index (Phi) is 4.99. The van der Waals surface area contributed by atoms with Gasteiger partial charge in [-0.1, -0.05) is 0 Å². The minimum Gasteiger partial charge on any atom is -0.381 e. The standard InChI is InChI=1S/C14H30N2O/c1-12(2)16(6)10-14(7-8-17-11-14)9-15-13(3,4)5/h12,15H,7-11H2,1-6H3. The summed E-state index contributed by atoms with van der Waals surface area (Å²) in [4.78, 5) is 2.43. The number of nitrogens with one attached hydrogen (secondary N) is 1. The van der Waals surface area contributed by atoms with Crippen LogP contribution in [0.5, 0.6) is 0 Å². The van der Waals surface area contributed by atoms with Crippen molar-refractivity contribution in [2.75, 3.05) is 33.4 Å². The first-order valence-corrected chi connectivity index (χ1v) is 6.77. The SMILES string of the molecule is CC(C)N(C)CC1(CNC(C)(C)C)CCOC1. The molecule has 0 amide bonds. The number of ether oxygens (including phenoxy) is 1. The molecule has 0 radical (unpaired) electrons. The highest BCUT2D eigenvalue weighted by Gasteiger charge is 2.37. The van der Waals surface area contributed by atoms with E-state index >= 15 is 0 Å². The Hall–Kier alpha value is -0.120. The van der Waals surface area contributed by atoms with Gasteiger partial charge in [0.05, 0.1) is 6.61 Å². The van der Waals surface area contributed by atoms with Crippen molar-refractivity contribution in [1.29, 1.82) is 0 Å². The van der Waals surface area contributed by atoms with Crippen LogP contribution in [0.2, 0.25) is 0 Å². The van der Waals surface area contributed by atoms with Crippen molar-refractivity contribution in [1.82, 2.24) is 10.2 Å². The quantitative estimate of drug-likeness (QED) is 0.799. The monoisotopic (exact) mass is 242 g/mol. The van der Waals surface area contributed by atoms with Gasteiger partial charge in [-0.3, -0.25) is 0 Å². The van der Waals surface area contributed by atoms with Crippen molar-refractivity contribution in [3.63, 3.8) is 0 Å². The van der Waals surface area contributed by atoms with Gasteiger partial charge in [-0.15, -0.1) is 0 Å². The fourth-order valence-corrected chi connectivity index (χ4v) is 2.13. The molecule has 1 fully saturated rings. The van der Waals surface area contributed by atoms with Crippen molar-refractivity contribution in [2.45, 2.75) is 52.6 Å². The molecule has 1 heterocycles. The van der Waals surface area contributed by atoms with Gasteiger partial charge in [0.1, 0.15) is 0 Å². The first kappa shape index (κ1) is 14.9. The topological polar surface area (TPSA) is 24.5 Å². The van der Waals surface area contributed by atoms with Crippen molar-refractivity contribution in [3.8, 4) is 0 Å². The lowest BCUT2D eigenvalue weighted by atomic mass is 9.85. The summed E-state index contributed by atoms with van der Waals surface area (Å²) < 4.78 is 5.64. The van der Waals surface area contributed by atoms with Crippen molar-refractivity contribution >= 4 is 0 Å². The molecule has 0 aromatic rings. The van der Waals surface area contributed by atoms with Gasteiger partial charge in [0.2, 0.25) is 0 Å². The molecule has 1 N–H and O–H groups in total. The highest BCUT2D eigenvalue weighted by Crippen LogP contribution is 2.30. The molecule has 1 rings (SSSR count). The van der Waals surface area contributed by atoms with E-state index in [1.54, 1.807) is 0 Å². The summed E-state index contributed by atoms with van der Waals surface area (Å²) in [5.74, 6) is 0. The third-order valence-electron chi connectivity index (χ3n) is 3.65. The van der Waals surface area contributed by atoms with Gasteiger partial charge in [-0.25, -0.2) is 0 Å². The Balaban J connectivity index is 2.56. The molecule has 0 saturated carbocycles.